The summed E-state index contributed by atoms with van der Waals surface area (Å²) in [4.78, 5) is 34.4. The molecule has 0 radical (unpaired) electrons. The summed E-state index contributed by atoms with van der Waals surface area (Å²) in [7, 11) is 0. The fourth-order valence-corrected chi connectivity index (χ4v) is 3.41. The number of nitrogens with zero attached hydrogens (tertiary/aromatic N) is 3. The lowest BCUT2D eigenvalue weighted by Crippen LogP contribution is -2.23. The summed E-state index contributed by atoms with van der Waals surface area (Å²) in [6, 6.07) is 5.54. The summed E-state index contributed by atoms with van der Waals surface area (Å²) >= 11 is 1.24. The maximum Gasteiger partial charge on any atom is 0.262 e. The highest BCUT2D eigenvalue weighted by Crippen LogP contribution is 2.26. The Balaban J connectivity index is 1.91. The number of amides is 1. The average Bonchev–Trinajstić information content (AvgIpc) is 2.92. The first-order chi connectivity index (χ1) is 11.1. The summed E-state index contributed by atoms with van der Waals surface area (Å²) in [5.41, 5.74) is 1.37. The van der Waals surface area contributed by atoms with Crippen LogP contribution in [0.2, 0.25) is 0 Å². The van der Waals surface area contributed by atoms with Crippen LogP contribution in [0.1, 0.15) is 27.9 Å². The molecule has 0 spiro atoms. The van der Waals surface area contributed by atoms with E-state index < -0.39 is 0 Å². The van der Waals surface area contributed by atoms with Crippen molar-refractivity contribution in [1.29, 1.82) is 0 Å². The molecule has 1 amide bonds. The van der Waals surface area contributed by atoms with Crippen molar-refractivity contribution in [1.82, 2.24) is 19.9 Å². The molecule has 0 bridgehead atoms. The molecular weight excluding hydrogens is 312 g/mol. The Bertz CT molecular complexity index is 915. The average molecular weight is 328 g/mol. The zero-order valence-electron chi connectivity index (χ0n) is 12.9. The maximum atomic E-state index is 12.4. The normalized spacial score (nSPS) is 10.9. The first kappa shape index (κ1) is 15.4. The number of nitrogens with one attached hydrogen (secondary N) is 1. The molecule has 0 aromatic carbocycles. The molecular formula is C16H16N4O2S. The standard InChI is InChI=1S/C16H16N4O2S/c1-3-20-9-19-15-12(16(20)22)10(2)13(23-15)14(21)18-8-11-6-4-5-7-17-11/h4-7,9H,3,8H2,1-2H3,(H,18,21). The van der Waals surface area contributed by atoms with Crippen LogP contribution in [0.25, 0.3) is 10.2 Å². The molecule has 7 heteroatoms. The van der Waals surface area contributed by atoms with Gasteiger partial charge in [-0.2, -0.15) is 0 Å². The third kappa shape index (κ3) is 2.87. The van der Waals surface area contributed by atoms with Gasteiger partial charge in [0, 0.05) is 12.7 Å². The van der Waals surface area contributed by atoms with E-state index in [4.69, 9.17) is 0 Å². The van der Waals surface area contributed by atoms with E-state index in [0.717, 1.165) is 5.69 Å². The van der Waals surface area contributed by atoms with Crippen LogP contribution in [0.3, 0.4) is 0 Å². The minimum absolute atomic E-state index is 0.102. The molecule has 0 unspecified atom stereocenters. The maximum absolute atomic E-state index is 12.4. The topological polar surface area (TPSA) is 76.9 Å². The van der Waals surface area contributed by atoms with Gasteiger partial charge in [0.1, 0.15) is 4.83 Å². The van der Waals surface area contributed by atoms with Crippen LogP contribution >= 0.6 is 11.3 Å². The van der Waals surface area contributed by atoms with Gasteiger partial charge < -0.3 is 5.32 Å². The molecule has 1 N–H and O–H groups in total. The Kier molecular flexibility index (Phi) is 4.20. The fraction of sp³-hybridized carbons (Fsp3) is 0.250. The molecule has 3 aromatic heterocycles. The Morgan fingerprint density at radius 1 is 1.35 bits per heavy atom. The van der Waals surface area contributed by atoms with Crippen LogP contribution in [0.5, 0.6) is 0 Å². The smallest absolute Gasteiger partial charge is 0.262 e. The van der Waals surface area contributed by atoms with Crippen molar-refractivity contribution in [3.8, 4) is 0 Å². The van der Waals surface area contributed by atoms with E-state index in [-0.39, 0.29) is 11.5 Å². The van der Waals surface area contributed by atoms with Crippen LogP contribution in [-0.4, -0.2) is 20.4 Å². The quantitative estimate of drug-likeness (QED) is 0.796. The number of fused-ring (bicyclic) bond motifs is 1. The first-order valence-corrected chi connectivity index (χ1v) is 8.10. The molecule has 23 heavy (non-hydrogen) atoms. The van der Waals surface area contributed by atoms with Gasteiger partial charge in [-0.05, 0) is 31.5 Å². The van der Waals surface area contributed by atoms with E-state index in [0.29, 0.717) is 33.7 Å². The summed E-state index contributed by atoms with van der Waals surface area (Å²) in [6.45, 7) is 4.58. The van der Waals surface area contributed by atoms with Crippen LogP contribution in [0.4, 0.5) is 0 Å². The van der Waals surface area contributed by atoms with Gasteiger partial charge in [0.15, 0.2) is 0 Å². The highest BCUT2D eigenvalue weighted by atomic mass is 32.1. The van der Waals surface area contributed by atoms with Gasteiger partial charge in [0.25, 0.3) is 11.5 Å². The van der Waals surface area contributed by atoms with Crippen LogP contribution in [0, 0.1) is 6.92 Å². The molecule has 0 aliphatic heterocycles. The van der Waals surface area contributed by atoms with E-state index in [1.165, 1.54) is 22.2 Å². The second-order valence-corrected chi connectivity index (χ2v) is 6.07. The van der Waals surface area contributed by atoms with Crippen molar-refractivity contribution in [2.24, 2.45) is 0 Å². The van der Waals surface area contributed by atoms with Crippen molar-refractivity contribution in [2.45, 2.75) is 26.9 Å². The van der Waals surface area contributed by atoms with Crippen LogP contribution in [0.15, 0.2) is 35.5 Å². The van der Waals surface area contributed by atoms with Crippen molar-refractivity contribution < 1.29 is 4.79 Å². The summed E-state index contributed by atoms with van der Waals surface area (Å²) in [5.74, 6) is -0.210. The Morgan fingerprint density at radius 2 is 2.17 bits per heavy atom. The predicted octanol–water partition coefficient (Wildman–Crippen LogP) is 2.11. The summed E-state index contributed by atoms with van der Waals surface area (Å²) in [6.07, 6.45) is 3.21. The number of pyridine rings is 1. The van der Waals surface area contributed by atoms with E-state index >= 15 is 0 Å². The van der Waals surface area contributed by atoms with Crippen molar-refractivity contribution in [2.75, 3.05) is 0 Å². The molecule has 0 aliphatic rings. The van der Waals surface area contributed by atoms with Gasteiger partial charge >= 0.3 is 0 Å². The number of hydrogen-bond donors (Lipinski definition) is 1. The zero-order chi connectivity index (χ0) is 16.4. The SMILES string of the molecule is CCn1cnc2sc(C(=O)NCc3ccccn3)c(C)c2c1=O. The monoisotopic (exact) mass is 328 g/mol. The molecule has 118 valence electrons. The van der Waals surface area contributed by atoms with Gasteiger partial charge in [0.2, 0.25) is 0 Å². The largest absolute Gasteiger partial charge is 0.346 e. The number of hydrogen-bond acceptors (Lipinski definition) is 5. The highest BCUT2D eigenvalue weighted by Gasteiger charge is 2.19. The lowest BCUT2D eigenvalue weighted by Gasteiger charge is -2.03. The number of aromatic nitrogens is 3. The molecule has 0 saturated carbocycles. The van der Waals surface area contributed by atoms with Gasteiger partial charge in [-0.1, -0.05) is 6.07 Å². The fourth-order valence-electron chi connectivity index (χ4n) is 2.35. The van der Waals surface area contributed by atoms with Gasteiger partial charge in [-0.3, -0.25) is 19.1 Å². The van der Waals surface area contributed by atoms with E-state index in [1.807, 2.05) is 25.1 Å². The van der Waals surface area contributed by atoms with Crippen molar-refractivity contribution >= 4 is 27.5 Å². The summed E-state index contributed by atoms with van der Waals surface area (Å²) in [5, 5.41) is 3.37. The van der Waals surface area contributed by atoms with Crippen molar-refractivity contribution in [3.63, 3.8) is 0 Å². The van der Waals surface area contributed by atoms with E-state index in [2.05, 4.69) is 15.3 Å². The molecule has 0 fully saturated rings. The molecule has 3 aromatic rings. The number of carbonyl (C=O) groups is 1. The van der Waals surface area contributed by atoms with Gasteiger partial charge in [0.05, 0.1) is 28.8 Å². The van der Waals surface area contributed by atoms with E-state index in [9.17, 15) is 9.59 Å². The lowest BCUT2D eigenvalue weighted by atomic mass is 10.2. The first-order valence-electron chi connectivity index (χ1n) is 7.28. The lowest BCUT2D eigenvalue weighted by molar-refractivity contribution is 0.0954. The van der Waals surface area contributed by atoms with Crippen molar-refractivity contribution in [3.05, 3.63) is 57.2 Å². The third-order valence-electron chi connectivity index (χ3n) is 3.62. The molecule has 0 aliphatic carbocycles. The molecule has 0 saturated heterocycles. The highest BCUT2D eigenvalue weighted by molar-refractivity contribution is 7.20. The number of aryl methyl sites for hydroxylation is 2. The second-order valence-electron chi connectivity index (χ2n) is 5.08. The minimum atomic E-state index is -0.210. The zero-order valence-corrected chi connectivity index (χ0v) is 13.7. The number of thiophene rings is 1. The number of rotatable bonds is 4. The molecule has 6 nitrogen and oxygen atoms in total. The van der Waals surface area contributed by atoms with Gasteiger partial charge in [-0.25, -0.2) is 4.98 Å². The van der Waals surface area contributed by atoms with E-state index in [1.54, 1.807) is 13.1 Å². The third-order valence-corrected chi connectivity index (χ3v) is 4.82. The summed E-state index contributed by atoms with van der Waals surface area (Å²) < 4.78 is 1.54. The Labute approximate surface area is 136 Å². The molecule has 0 atom stereocenters. The molecule has 3 rings (SSSR count). The minimum Gasteiger partial charge on any atom is -0.346 e. The predicted molar refractivity (Wildman–Crippen MR) is 89.7 cm³/mol. The van der Waals surface area contributed by atoms with Gasteiger partial charge in [-0.15, -0.1) is 11.3 Å². The number of carbonyl (C=O) groups excluding carboxylic acids is 1. The molecule has 3 heterocycles. The second kappa shape index (κ2) is 6.29. The Hall–Kier alpha value is -2.54. The van der Waals surface area contributed by atoms with Crippen LogP contribution in [-0.2, 0) is 13.1 Å². The van der Waals surface area contributed by atoms with Crippen LogP contribution < -0.4 is 10.9 Å². The Morgan fingerprint density at radius 3 is 2.87 bits per heavy atom.